The molecule has 2 heterocycles. The van der Waals surface area contributed by atoms with Crippen LogP contribution in [0.5, 0.6) is 11.5 Å². The summed E-state index contributed by atoms with van der Waals surface area (Å²) in [5.41, 5.74) is 2.85. The molecule has 0 radical (unpaired) electrons. The van der Waals surface area contributed by atoms with E-state index in [0.717, 1.165) is 42.1 Å². The minimum atomic E-state index is -0.0112. The number of carbonyl (C=O) groups is 1. The number of rotatable bonds is 7. The highest BCUT2D eigenvalue weighted by Gasteiger charge is 2.25. The van der Waals surface area contributed by atoms with Gasteiger partial charge < -0.3 is 19.7 Å². The van der Waals surface area contributed by atoms with Crippen LogP contribution >= 0.6 is 11.6 Å². The normalized spacial score (nSPS) is 15.7. The number of nitrogens with zero attached hydrogens (tertiary/aromatic N) is 2. The summed E-state index contributed by atoms with van der Waals surface area (Å²) in [6, 6.07) is 15.3. The van der Waals surface area contributed by atoms with Gasteiger partial charge in [0.25, 0.3) is 0 Å². The van der Waals surface area contributed by atoms with E-state index in [9.17, 15) is 4.79 Å². The molecule has 1 aliphatic rings. The number of anilines is 1. The number of carbonyl (C=O) groups excluding carboxylic acids is 1. The monoisotopic (exact) mass is 440 g/mol. The van der Waals surface area contributed by atoms with E-state index in [1.807, 2.05) is 48.5 Å². The van der Waals surface area contributed by atoms with Crippen molar-refractivity contribution < 1.29 is 14.3 Å². The van der Waals surface area contributed by atoms with Crippen LogP contribution in [-0.2, 0) is 11.2 Å². The van der Waals surface area contributed by atoms with Crippen molar-refractivity contribution in [2.24, 2.45) is 0 Å². The van der Waals surface area contributed by atoms with E-state index in [4.69, 9.17) is 21.1 Å². The van der Waals surface area contributed by atoms with E-state index >= 15 is 0 Å². The van der Waals surface area contributed by atoms with E-state index in [-0.39, 0.29) is 11.9 Å². The van der Waals surface area contributed by atoms with Crippen molar-refractivity contribution in [1.29, 1.82) is 0 Å². The van der Waals surface area contributed by atoms with Gasteiger partial charge in [0.1, 0.15) is 0 Å². The Hall–Kier alpha value is -3.19. The Labute approximate surface area is 186 Å². The molecule has 1 aromatic heterocycles. The minimum absolute atomic E-state index is 0.0112. The summed E-state index contributed by atoms with van der Waals surface area (Å²) in [4.78, 5) is 14.7. The third-order valence-corrected chi connectivity index (χ3v) is 5.66. The first-order chi connectivity index (χ1) is 15.1. The van der Waals surface area contributed by atoms with Gasteiger partial charge in [-0.1, -0.05) is 29.8 Å². The highest BCUT2D eigenvalue weighted by Crippen LogP contribution is 2.28. The van der Waals surface area contributed by atoms with Crippen molar-refractivity contribution in [3.05, 3.63) is 59.1 Å². The molecule has 0 aliphatic carbocycles. The van der Waals surface area contributed by atoms with Crippen molar-refractivity contribution in [2.45, 2.75) is 18.9 Å². The van der Waals surface area contributed by atoms with Gasteiger partial charge in [-0.05, 0) is 41.8 Å². The van der Waals surface area contributed by atoms with Crippen LogP contribution in [0.25, 0.3) is 11.3 Å². The lowest BCUT2D eigenvalue weighted by molar-refractivity contribution is -0.121. The number of hydrogen-bond donors (Lipinski definition) is 2. The van der Waals surface area contributed by atoms with Crippen LogP contribution in [0.1, 0.15) is 12.0 Å². The first-order valence-corrected chi connectivity index (χ1v) is 10.5. The topological polar surface area (TPSA) is 79.5 Å². The molecule has 0 saturated carbocycles. The molecule has 7 nitrogen and oxygen atoms in total. The molecule has 162 valence electrons. The molecule has 2 aromatic carbocycles. The second kappa shape index (κ2) is 9.31. The van der Waals surface area contributed by atoms with Gasteiger partial charge in [0.2, 0.25) is 5.91 Å². The van der Waals surface area contributed by atoms with Crippen molar-refractivity contribution in [3.8, 4) is 22.8 Å². The standard InChI is InChI=1S/C23H25ClN4O3/c1-30-20-8-3-15(11-21(20)31-2)12-23(29)25-18-9-10-28(14-18)22-13-19(26-27-22)16-4-6-17(24)7-5-16/h3-8,11,13,18H,9-10,12,14H2,1-2H3,(H,25,29)(H,26,27). The number of amides is 1. The molecule has 4 rings (SSSR count). The Bertz CT molecular complexity index is 1050. The number of methoxy groups -OCH3 is 2. The molecule has 0 bridgehead atoms. The predicted octanol–water partition coefficient (Wildman–Crippen LogP) is 3.68. The van der Waals surface area contributed by atoms with Gasteiger partial charge in [-0.3, -0.25) is 9.89 Å². The summed E-state index contributed by atoms with van der Waals surface area (Å²) in [6.45, 7) is 1.56. The van der Waals surface area contributed by atoms with Crippen molar-refractivity contribution in [2.75, 3.05) is 32.2 Å². The van der Waals surface area contributed by atoms with Crippen molar-refractivity contribution in [1.82, 2.24) is 15.5 Å². The third kappa shape index (κ3) is 4.94. The summed E-state index contributed by atoms with van der Waals surface area (Å²) < 4.78 is 10.6. The lowest BCUT2D eigenvalue weighted by atomic mass is 10.1. The molecule has 0 spiro atoms. The molecular formula is C23H25ClN4O3. The Morgan fingerprint density at radius 1 is 1.16 bits per heavy atom. The predicted molar refractivity (Wildman–Crippen MR) is 121 cm³/mol. The van der Waals surface area contributed by atoms with Crippen molar-refractivity contribution >= 4 is 23.3 Å². The SMILES string of the molecule is COc1ccc(CC(=O)NC2CCN(c3cc(-c4ccc(Cl)cc4)[nH]n3)C2)cc1OC. The van der Waals surface area contributed by atoms with Crippen LogP contribution in [0.15, 0.2) is 48.5 Å². The van der Waals surface area contributed by atoms with Crippen LogP contribution in [0, 0.1) is 0 Å². The van der Waals surface area contributed by atoms with E-state index in [1.165, 1.54) is 0 Å². The summed E-state index contributed by atoms with van der Waals surface area (Å²) in [6.07, 6.45) is 1.17. The number of aromatic amines is 1. The van der Waals surface area contributed by atoms with Gasteiger partial charge in [-0.2, -0.15) is 5.10 Å². The molecule has 1 amide bonds. The van der Waals surface area contributed by atoms with Crippen LogP contribution in [0.3, 0.4) is 0 Å². The second-order valence-electron chi connectivity index (χ2n) is 7.51. The zero-order chi connectivity index (χ0) is 21.8. The van der Waals surface area contributed by atoms with E-state index < -0.39 is 0 Å². The Morgan fingerprint density at radius 2 is 1.94 bits per heavy atom. The third-order valence-electron chi connectivity index (χ3n) is 5.41. The number of nitrogens with one attached hydrogen (secondary N) is 2. The van der Waals surface area contributed by atoms with Crippen LogP contribution < -0.4 is 19.7 Å². The first kappa shape index (κ1) is 21.1. The summed E-state index contributed by atoms with van der Waals surface area (Å²) in [5.74, 6) is 2.13. The second-order valence-corrected chi connectivity index (χ2v) is 7.95. The lowest BCUT2D eigenvalue weighted by Gasteiger charge is -2.16. The van der Waals surface area contributed by atoms with Gasteiger partial charge in [-0.25, -0.2) is 0 Å². The molecule has 31 heavy (non-hydrogen) atoms. The van der Waals surface area contributed by atoms with Crippen LogP contribution in [0.4, 0.5) is 5.82 Å². The van der Waals surface area contributed by atoms with E-state index in [1.54, 1.807) is 14.2 Å². The Balaban J connectivity index is 1.33. The largest absolute Gasteiger partial charge is 0.493 e. The molecule has 2 N–H and O–H groups in total. The summed E-state index contributed by atoms with van der Waals surface area (Å²) in [5, 5.41) is 11.4. The fourth-order valence-electron chi connectivity index (χ4n) is 3.79. The van der Waals surface area contributed by atoms with Crippen molar-refractivity contribution in [3.63, 3.8) is 0 Å². The average Bonchev–Trinajstić information content (AvgIpc) is 3.44. The number of aromatic nitrogens is 2. The fraction of sp³-hybridized carbons (Fsp3) is 0.304. The van der Waals surface area contributed by atoms with Gasteiger partial charge in [0, 0.05) is 30.2 Å². The quantitative estimate of drug-likeness (QED) is 0.585. The maximum Gasteiger partial charge on any atom is 0.224 e. The lowest BCUT2D eigenvalue weighted by Crippen LogP contribution is -2.38. The van der Waals surface area contributed by atoms with E-state index in [0.29, 0.717) is 22.9 Å². The minimum Gasteiger partial charge on any atom is -0.493 e. The fourth-order valence-corrected chi connectivity index (χ4v) is 3.92. The summed E-state index contributed by atoms with van der Waals surface area (Å²) >= 11 is 5.96. The van der Waals surface area contributed by atoms with E-state index in [2.05, 4.69) is 20.4 Å². The molecule has 1 unspecified atom stereocenters. The molecule has 1 aliphatic heterocycles. The zero-order valence-electron chi connectivity index (χ0n) is 17.5. The zero-order valence-corrected chi connectivity index (χ0v) is 18.3. The number of hydrogen-bond acceptors (Lipinski definition) is 5. The molecule has 1 saturated heterocycles. The summed E-state index contributed by atoms with van der Waals surface area (Å²) in [7, 11) is 3.18. The smallest absolute Gasteiger partial charge is 0.224 e. The number of benzene rings is 2. The average molecular weight is 441 g/mol. The highest BCUT2D eigenvalue weighted by molar-refractivity contribution is 6.30. The number of H-pyrrole nitrogens is 1. The Morgan fingerprint density at radius 3 is 2.68 bits per heavy atom. The molecule has 3 aromatic rings. The molecule has 1 atom stereocenters. The van der Waals surface area contributed by atoms with Crippen LogP contribution in [0.2, 0.25) is 5.02 Å². The molecule has 1 fully saturated rings. The maximum atomic E-state index is 12.5. The first-order valence-electron chi connectivity index (χ1n) is 10.1. The van der Waals surface area contributed by atoms with Gasteiger partial charge >= 0.3 is 0 Å². The Kier molecular flexibility index (Phi) is 6.32. The maximum absolute atomic E-state index is 12.5. The molecular weight excluding hydrogens is 416 g/mol. The molecule has 8 heteroatoms. The van der Waals surface area contributed by atoms with Gasteiger partial charge in [0.15, 0.2) is 17.3 Å². The number of ether oxygens (including phenoxy) is 2. The van der Waals surface area contributed by atoms with Gasteiger partial charge in [0.05, 0.1) is 26.3 Å². The highest BCUT2D eigenvalue weighted by atomic mass is 35.5. The van der Waals surface area contributed by atoms with Crippen LogP contribution in [-0.4, -0.2) is 49.5 Å². The van der Waals surface area contributed by atoms with Gasteiger partial charge in [-0.15, -0.1) is 0 Å². The number of halogens is 1.